The zero-order valence-electron chi connectivity index (χ0n) is 16.5. The SMILES string of the molecule is Cc1ccc(SCC(=O)N(Cc2ccccc2)c2nc3c(C)cccc3s2)cc1. The monoisotopic (exact) mass is 418 g/mol. The summed E-state index contributed by atoms with van der Waals surface area (Å²) >= 11 is 3.14. The fourth-order valence-electron chi connectivity index (χ4n) is 3.08. The second-order valence-corrected chi connectivity index (χ2v) is 9.04. The van der Waals surface area contributed by atoms with Gasteiger partial charge in [0.15, 0.2) is 5.13 Å². The summed E-state index contributed by atoms with van der Waals surface area (Å²) in [4.78, 5) is 21.0. The molecule has 0 bridgehead atoms. The fourth-order valence-corrected chi connectivity index (χ4v) is 4.91. The Morgan fingerprint density at radius 2 is 1.72 bits per heavy atom. The topological polar surface area (TPSA) is 33.2 Å². The molecule has 3 nitrogen and oxygen atoms in total. The molecule has 0 aliphatic heterocycles. The van der Waals surface area contributed by atoms with Crippen LogP contribution >= 0.6 is 23.1 Å². The van der Waals surface area contributed by atoms with E-state index in [4.69, 9.17) is 4.98 Å². The summed E-state index contributed by atoms with van der Waals surface area (Å²) in [5.74, 6) is 0.446. The van der Waals surface area contributed by atoms with E-state index in [0.29, 0.717) is 12.3 Å². The lowest BCUT2D eigenvalue weighted by Gasteiger charge is -2.20. The number of fused-ring (bicyclic) bond motifs is 1. The number of thiazole rings is 1. The van der Waals surface area contributed by atoms with Crippen LogP contribution in [0, 0.1) is 13.8 Å². The Balaban J connectivity index is 1.60. The molecule has 29 heavy (non-hydrogen) atoms. The molecule has 0 aliphatic carbocycles. The molecule has 4 rings (SSSR count). The van der Waals surface area contributed by atoms with Gasteiger partial charge < -0.3 is 0 Å². The molecule has 0 aliphatic rings. The van der Waals surface area contributed by atoms with Crippen LogP contribution in [0.2, 0.25) is 0 Å². The van der Waals surface area contributed by atoms with Crippen molar-refractivity contribution in [2.45, 2.75) is 25.3 Å². The maximum atomic E-state index is 13.2. The van der Waals surface area contributed by atoms with Gasteiger partial charge in [0, 0.05) is 4.90 Å². The van der Waals surface area contributed by atoms with Crippen molar-refractivity contribution in [3.8, 4) is 0 Å². The highest BCUT2D eigenvalue weighted by atomic mass is 32.2. The number of benzene rings is 3. The van der Waals surface area contributed by atoms with Gasteiger partial charge in [0.1, 0.15) is 0 Å². The summed E-state index contributed by atoms with van der Waals surface area (Å²) in [7, 11) is 0. The summed E-state index contributed by atoms with van der Waals surface area (Å²) in [5, 5.41) is 0.757. The molecule has 0 saturated carbocycles. The second-order valence-electron chi connectivity index (χ2n) is 6.99. The minimum Gasteiger partial charge on any atom is -0.283 e. The Labute approximate surface area is 179 Å². The normalized spacial score (nSPS) is 11.0. The molecular formula is C24H22N2OS2. The Morgan fingerprint density at radius 3 is 2.45 bits per heavy atom. The first-order chi connectivity index (χ1) is 14.1. The summed E-state index contributed by atoms with van der Waals surface area (Å²) in [6.07, 6.45) is 0. The van der Waals surface area contributed by atoms with Gasteiger partial charge in [-0.2, -0.15) is 0 Å². The predicted molar refractivity (Wildman–Crippen MR) is 124 cm³/mol. The molecule has 0 unspecified atom stereocenters. The van der Waals surface area contributed by atoms with E-state index in [-0.39, 0.29) is 5.91 Å². The van der Waals surface area contributed by atoms with Gasteiger partial charge in [-0.15, -0.1) is 11.8 Å². The van der Waals surface area contributed by atoms with Crippen LogP contribution in [0.1, 0.15) is 16.7 Å². The molecule has 3 aromatic carbocycles. The Kier molecular flexibility index (Phi) is 5.97. The molecular weight excluding hydrogens is 396 g/mol. The minimum atomic E-state index is 0.0659. The Bertz CT molecular complexity index is 1120. The van der Waals surface area contributed by atoms with Gasteiger partial charge in [0.2, 0.25) is 5.91 Å². The number of nitrogens with zero attached hydrogens (tertiary/aromatic N) is 2. The highest BCUT2D eigenvalue weighted by Crippen LogP contribution is 2.32. The third kappa shape index (κ3) is 4.69. The largest absolute Gasteiger partial charge is 0.283 e. The Morgan fingerprint density at radius 1 is 0.966 bits per heavy atom. The summed E-state index contributed by atoms with van der Waals surface area (Å²) < 4.78 is 1.11. The van der Waals surface area contributed by atoms with Gasteiger partial charge in [-0.05, 0) is 43.2 Å². The number of carbonyl (C=O) groups excluding carboxylic acids is 1. The van der Waals surface area contributed by atoms with Crippen molar-refractivity contribution < 1.29 is 4.79 Å². The van der Waals surface area contributed by atoms with Gasteiger partial charge in [-0.25, -0.2) is 4.98 Å². The number of anilines is 1. The lowest BCUT2D eigenvalue weighted by molar-refractivity contribution is -0.116. The second kappa shape index (κ2) is 8.80. The van der Waals surface area contributed by atoms with Crippen molar-refractivity contribution in [1.29, 1.82) is 0 Å². The van der Waals surface area contributed by atoms with Crippen molar-refractivity contribution >= 4 is 44.4 Å². The van der Waals surface area contributed by atoms with E-state index >= 15 is 0 Å². The molecule has 0 fully saturated rings. The van der Waals surface area contributed by atoms with Crippen LogP contribution in [-0.2, 0) is 11.3 Å². The van der Waals surface area contributed by atoms with E-state index < -0.39 is 0 Å². The molecule has 1 amide bonds. The van der Waals surface area contributed by atoms with E-state index in [1.54, 1.807) is 23.1 Å². The summed E-state index contributed by atoms with van der Waals surface area (Å²) in [6.45, 7) is 4.64. The van der Waals surface area contributed by atoms with Crippen LogP contribution in [0.15, 0.2) is 77.7 Å². The number of carbonyl (C=O) groups is 1. The molecule has 5 heteroatoms. The zero-order chi connectivity index (χ0) is 20.2. The third-order valence-corrected chi connectivity index (χ3v) is 6.75. The highest BCUT2D eigenvalue weighted by molar-refractivity contribution is 8.00. The van der Waals surface area contributed by atoms with E-state index in [0.717, 1.165) is 31.4 Å². The number of para-hydroxylation sites is 1. The van der Waals surface area contributed by atoms with E-state index in [2.05, 4.69) is 50.2 Å². The number of hydrogen-bond donors (Lipinski definition) is 0. The number of aromatic nitrogens is 1. The highest BCUT2D eigenvalue weighted by Gasteiger charge is 2.21. The van der Waals surface area contributed by atoms with Crippen molar-refractivity contribution in [1.82, 2.24) is 4.98 Å². The first-order valence-corrected chi connectivity index (χ1v) is 11.3. The molecule has 4 aromatic rings. The number of aryl methyl sites for hydroxylation is 2. The van der Waals surface area contributed by atoms with E-state index in [9.17, 15) is 4.79 Å². The molecule has 0 spiro atoms. The van der Waals surface area contributed by atoms with E-state index in [1.807, 2.05) is 41.3 Å². The van der Waals surface area contributed by atoms with Crippen molar-refractivity contribution in [3.63, 3.8) is 0 Å². The average molecular weight is 419 g/mol. The third-order valence-electron chi connectivity index (χ3n) is 4.71. The lowest BCUT2D eigenvalue weighted by Crippen LogP contribution is -2.31. The minimum absolute atomic E-state index is 0.0659. The van der Waals surface area contributed by atoms with Crippen molar-refractivity contribution in [2.75, 3.05) is 10.7 Å². The van der Waals surface area contributed by atoms with Crippen molar-refractivity contribution in [3.05, 3.63) is 89.5 Å². The fraction of sp³-hybridized carbons (Fsp3) is 0.167. The van der Waals surface area contributed by atoms with Gasteiger partial charge in [0.05, 0.1) is 22.5 Å². The molecule has 0 saturated heterocycles. The number of amides is 1. The van der Waals surface area contributed by atoms with Crippen LogP contribution in [0.4, 0.5) is 5.13 Å². The van der Waals surface area contributed by atoms with Crippen LogP contribution in [-0.4, -0.2) is 16.6 Å². The molecule has 146 valence electrons. The van der Waals surface area contributed by atoms with Gasteiger partial charge in [-0.1, -0.05) is 71.5 Å². The van der Waals surface area contributed by atoms with Crippen molar-refractivity contribution in [2.24, 2.45) is 0 Å². The molecule has 0 atom stereocenters. The van der Waals surface area contributed by atoms with Gasteiger partial charge in [0.25, 0.3) is 0 Å². The van der Waals surface area contributed by atoms with Crippen LogP contribution in [0.25, 0.3) is 10.2 Å². The maximum Gasteiger partial charge on any atom is 0.239 e. The summed E-state index contributed by atoms with van der Waals surface area (Å²) in [6, 6.07) is 24.5. The number of thioether (sulfide) groups is 1. The van der Waals surface area contributed by atoms with E-state index in [1.165, 1.54) is 5.56 Å². The number of rotatable bonds is 6. The smallest absolute Gasteiger partial charge is 0.239 e. The van der Waals surface area contributed by atoms with Gasteiger partial charge >= 0.3 is 0 Å². The quantitative estimate of drug-likeness (QED) is 0.348. The first-order valence-electron chi connectivity index (χ1n) is 9.50. The zero-order valence-corrected chi connectivity index (χ0v) is 18.1. The lowest BCUT2D eigenvalue weighted by atomic mass is 10.2. The van der Waals surface area contributed by atoms with Gasteiger partial charge in [-0.3, -0.25) is 9.69 Å². The van der Waals surface area contributed by atoms with Crippen LogP contribution < -0.4 is 4.90 Å². The van der Waals surface area contributed by atoms with Crippen LogP contribution in [0.5, 0.6) is 0 Å². The molecule has 0 N–H and O–H groups in total. The Hall–Kier alpha value is -2.63. The number of hydrogen-bond acceptors (Lipinski definition) is 4. The molecule has 1 aromatic heterocycles. The average Bonchev–Trinajstić information content (AvgIpc) is 3.17. The predicted octanol–water partition coefficient (Wildman–Crippen LogP) is 6.24. The van der Waals surface area contributed by atoms with Crippen LogP contribution in [0.3, 0.4) is 0 Å². The standard InChI is InChI=1S/C24H22N2OS2/c1-17-11-13-20(14-12-17)28-16-22(27)26(15-19-8-4-3-5-9-19)24-25-23-18(2)7-6-10-21(23)29-24/h3-14H,15-16H2,1-2H3. The molecule has 0 radical (unpaired) electrons. The summed E-state index contributed by atoms with van der Waals surface area (Å²) in [5.41, 5.74) is 4.42. The maximum absolute atomic E-state index is 13.2. The first kappa shape index (κ1) is 19.7. The molecule has 1 heterocycles.